The van der Waals surface area contributed by atoms with Gasteiger partial charge in [-0.25, -0.2) is 0 Å². The lowest BCUT2D eigenvalue weighted by Gasteiger charge is -2.38. The zero-order valence-electron chi connectivity index (χ0n) is 41.4. The first-order valence-electron chi connectivity index (χ1n) is 25.7. The second-order valence-electron chi connectivity index (χ2n) is 20.5. The van der Waals surface area contributed by atoms with E-state index in [1.807, 2.05) is 0 Å². The van der Waals surface area contributed by atoms with Crippen LogP contribution in [0.4, 0.5) is 11.4 Å². The molecule has 352 valence electrons. The topological polar surface area (TPSA) is 8.17 Å². The summed E-state index contributed by atoms with van der Waals surface area (Å²) < 4.78 is 2.47. The summed E-state index contributed by atoms with van der Waals surface area (Å²) in [6.07, 6.45) is 12.2. The summed E-state index contributed by atoms with van der Waals surface area (Å²) in [6.45, 7) is 7.11. The summed E-state index contributed by atoms with van der Waals surface area (Å²) in [5.74, 6) is 0.585. The lowest BCUT2D eigenvalue weighted by molar-refractivity contribution is 0.551. The molecule has 0 saturated heterocycles. The van der Waals surface area contributed by atoms with Gasteiger partial charge in [-0.2, -0.15) is 0 Å². The van der Waals surface area contributed by atoms with E-state index in [9.17, 15) is 0 Å². The van der Waals surface area contributed by atoms with Gasteiger partial charge in [-0.1, -0.05) is 219 Å². The maximum Gasteiger partial charge on any atom is 0.179 e. The molecule has 4 heteroatoms. The van der Waals surface area contributed by atoms with Crippen molar-refractivity contribution in [2.45, 2.75) is 43.0 Å². The minimum absolute atomic E-state index is 0.00577. The molecule has 13 rings (SSSR count). The Morgan fingerprint density at radius 3 is 1.74 bits per heavy atom. The molecule has 0 bridgehead atoms. The van der Waals surface area contributed by atoms with E-state index in [4.69, 9.17) is 12.6 Å². The summed E-state index contributed by atoms with van der Waals surface area (Å²) in [4.78, 5) is 3.69. The summed E-state index contributed by atoms with van der Waals surface area (Å²) >= 11 is 4.97. The molecule has 0 fully saturated rings. The number of hydrogen-bond acceptors (Lipinski definition) is 2. The fourth-order valence-corrected chi connectivity index (χ4v) is 18.2. The zero-order chi connectivity index (χ0) is 49.3. The Morgan fingerprint density at radius 2 is 1.08 bits per heavy atom. The number of rotatable bonds is 9. The van der Waals surface area contributed by atoms with Crippen LogP contribution in [0.3, 0.4) is 0 Å². The van der Waals surface area contributed by atoms with Crippen LogP contribution in [-0.2, 0) is 5.41 Å². The highest BCUT2D eigenvalue weighted by Gasteiger charge is 2.49. The average Bonchev–Trinajstić information content (AvgIpc) is 3.92. The highest BCUT2D eigenvalue weighted by Crippen LogP contribution is 2.53. The van der Waals surface area contributed by atoms with Crippen molar-refractivity contribution in [1.82, 2.24) is 4.57 Å². The second kappa shape index (κ2) is 18.0. The Hall–Kier alpha value is -7.89. The molecule has 2 nitrogen and oxygen atoms in total. The maximum absolute atomic E-state index is 4.97. The number of allylic oxidation sites excluding steroid dienone is 6. The first-order valence-corrected chi connectivity index (χ1v) is 28.2. The molecule has 73 heavy (non-hydrogen) atoms. The fourth-order valence-electron chi connectivity index (χ4n) is 13.1. The zero-order valence-corrected chi connectivity index (χ0v) is 43.3. The van der Waals surface area contributed by atoms with E-state index in [2.05, 4.69) is 291 Å². The van der Waals surface area contributed by atoms with E-state index in [0.717, 1.165) is 4.90 Å². The fraction of sp³-hybridized carbons (Fsp3) is 0.101. The molecule has 0 N–H and O–H groups in total. The van der Waals surface area contributed by atoms with E-state index in [-0.39, 0.29) is 17.4 Å². The van der Waals surface area contributed by atoms with Crippen molar-refractivity contribution in [1.29, 1.82) is 0 Å². The normalized spacial score (nSPS) is 19.3. The molecule has 4 unspecified atom stereocenters. The summed E-state index contributed by atoms with van der Waals surface area (Å²) in [7, 11) is -3.00. The van der Waals surface area contributed by atoms with Crippen molar-refractivity contribution >= 4 is 85.9 Å². The highest BCUT2D eigenvalue weighted by molar-refractivity contribution is 7.80. The molecular formula is C69H56N2SSi. The second-order valence-corrected chi connectivity index (χ2v) is 24.8. The van der Waals surface area contributed by atoms with Gasteiger partial charge in [-0.05, 0) is 129 Å². The van der Waals surface area contributed by atoms with Crippen LogP contribution < -0.4 is 25.6 Å². The van der Waals surface area contributed by atoms with Crippen LogP contribution in [0, 0.1) is 5.92 Å². The first-order chi connectivity index (χ1) is 35.8. The van der Waals surface area contributed by atoms with Crippen LogP contribution in [0.2, 0.25) is 0 Å². The minimum atomic E-state index is -3.00. The number of aromatic nitrogens is 1. The quantitative estimate of drug-likeness (QED) is 0.0861. The molecular weight excluding hydrogens is 917 g/mol. The average molecular weight is 973 g/mol. The standard InChI is InChI=1S/C69H56N2SSi/c1-47-38-40-58(48(2)68(47)61-32-15-20-37-66(61)72)50-23-21-22-49(42-50)51-43-53(45-57(44-51)73(54-24-7-4-8-25-54,55-26-9-5-10-27-55)56-28-11-6-12-29-56)71-65-36-19-16-33-62(65)69(3)46-52(39-41-67(69)71)70-63-34-17-13-30-59(63)60-31-14-18-35-64(60)70/h4-47,67-68,72H,1-3H3. The Morgan fingerprint density at radius 1 is 0.507 bits per heavy atom. The monoisotopic (exact) mass is 972 g/mol. The predicted octanol–water partition coefficient (Wildman–Crippen LogP) is 14.8. The van der Waals surface area contributed by atoms with Crippen molar-refractivity contribution in [2.75, 3.05) is 4.90 Å². The predicted molar refractivity (Wildman–Crippen MR) is 315 cm³/mol. The van der Waals surface area contributed by atoms with Crippen LogP contribution in [-0.4, -0.2) is 18.7 Å². The van der Waals surface area contributed by atoms with Crippen LogP contribution in [0.1, 0.15) is 43.4 Å². The van der Waals surface area contributed by atoms with Gasteiger partial charge >= 0.3 is 0 Å². The van der Waals surface area contributed by atoms with E-state index >= 15 is 0 Å². The smallest absolute Gasteiger partial charge is 0.179 e. The molecule has 3 aliphatic rings. The first kappa shape index (κ1) is 45.0. The maximum atomic E-state index is 4.97. The molecule has 10 aromatic rings. The molecule has 0 amide bonds. The van der Waals surface area contributed by atoms with Gasteiger partial charge in [0.25, 0.3) is 0 Å². The lowest BCUT2D eigenvalue weighted by Crippen LogP contribution is -2.74. The largest absolute Gasteiger partial charge is 0.333 e. The number of anilines is 2. The van der Waals surface area contributed by atoms with Gasteiger partial charge in [-0.15, -0.1) is 12.6 Å². The third-order valence-corrected chi connectivity index (χ3v) is 21.5. The molecule has 2 heterocycles. The van der Waals surface area contributed by atoms with Gasteiger partial charge in [0.05, 0.1) is 17.1 Å². The van der Waals surface area contributed by atoms with Crippen LogP contribution in [0.5, 0.6) is 0 Å². The van der Waals surface area contributed by atoms with Gasteiger partial charge in [0, 0.05) is 44.1 Å². The van der Waals surface area contributed by atoms with Crippen molar-refractivity contribution in [3.63, 3.8) is 0 Å². The number of hydrogen-bond donors (Lipinski definition) is 1. The molecule has 0 radical (unpaired) electrons. The molecule has 1 aromatic heterocycles. The third-order valence-electron chi connectivity index (χ3n) is 16.4. The number of nitrogens with zero attached hydrogens (tertiary/aromatic N) is 2. The Bertz CT molecular complexity index is 3730. The summed E-state index contributed by atoms with van der Waals surface area (Å²) in [6, 6.07) is 86.3. The number of thiol groups is 1. The van der Waals surface area contributed by atoms with Crippen LogP contribution in [0.15, 0.2) is 271 Å². The van der Waals surface area contributed by atoms with E-state index in [1.165, 1.54) is 98.6 Å². The highest BCUT2D eigenvalue weighted by atomic mass is 32.1. The number of para-hydroxylation sites is 3. The van der Waals surface area contributed by atoms with Crippen LogP contribution >= 0.6 is 12.6 Å². The molecule has 0 spiro atoms. The van der Waals surface area contributed by atoms with Crippen molar-refractivity contribution in [3.8, 4) is 11.1 Å². The van der Waals surface area contributed by atoms with Crippen molar-refractivity contribution < 1.29 is 0 Å². The Kier molecular flexibility index (Phi) is 11.1. The van der Waals surface area contributed by atoms with Gasteiger partial charge in [0.2, 0.25) is 0 Å². The van der Waals surface area contributed by atoms with E-state index < -0.39 is 8.07 Å². The SMILES string of the molecule is CC1=C(c2cccc(-c3cc(N4c5ccccc5C5(C)C=C(n6c7ccccc7c7ccccc76)C=CC45)cc([Si](c4ccccc4)(c4ccccc4)c4ccccc4)c3)c2)C=CC(C)C1c1ccccc1S. The Labute approximate surface area is 436 Å². The van der Waals surface area contributed by atoms with Crippen molar-refractivity contribution in [2.24, 2.45) is 5.92 Å². The molecule has 9 aromatic carbocycles. The van der Waals surface area contributed by atoms with Gasteiger partial charge in [0.1, 0.15) is 0 Å². The Balaban J connectivity index is 1.04. The van der Waals surface area contributed by atoms with E-state index in [1.54, 1.807) is 0 Å². The number of benzene rings is 9. The van der Waals surface area contributed by atoms with Gasteiger partial charge < -0.3 is 9.47 Å². The van der Waals surface area contributed by atoms with Gasteiger partial charge in [0.15, 0.2) is 8.07 Å². The third kappa shape index (κ3) is 7.22. The molecule has 4 atom stereocenters. The summed E-state index contributed by atoms with van der Waals surface area (Å²) in [5, 5.41) is 7.94. The number of fused-ring (bicyclic) bond motifs is 6. The summed E-state index contributed by atoms with van der Waals surface area (Å²) in [5.41, 5.74) is 14.6. The van der Waals surface area contributed by atoms with Crippen LogP contribution in [0.25, 0.3) is 44.2 Å². The lowest BCUT2D eigenvalue weighted by atomic mass is 9.75. The minimum Gasteiger partial charge on any atom is -0.333 e. The van der Waals surface area contributed by atoms with Gasteiger partial charge in [-0.3, -0.25) is 0 Å². The molecule has 1 aliphatic heterocycles. The molecule has 0 saturated carbocycles. The van der Waals surface area contributed by atoms with Crippen molar-refractivity contribution in [3.05, 3.63) is 283 Å². The van der Waals surface area contributed by atoms with E-state index in [0.29, 0.717) is 5.92 Å². The molecule has 2 aliphatic carbocycles.